The first-order valence-electron chi connectivity index (χ1n) is 9.85. The second-order valence-electron chi connectivity index (χ2n) is 6.94. The van der Waals surface area contributed by atoms with Crippen molar-refractivity contribution in [2.24, 2.45) is 0 Å². The van der Waals surface area contributed by atoms with E-state index in [1.54, 1.807) is 7.11 Å². The summed E-state index contributed by atoms with van der Waals surface area (Å²) in [5.41, 5.74) is 3.41. The summed E-state index contributed by atoms with van der Waals surface area (Å²) in [6, 6.07) is 20.1. The Labute approximate surface area is 184 Å². The van der Waals surface area contributed by atoms with Crippen LogP contribution in [0.5, 0.6) is 11.6 Å². The third kappa shape index (κ3) is 3.57. The Morgan fingerprint density at radius 3 is 2.71 bits per heavy atom. The number of rotatable bonds is 5. The first-order valence-corrected chi connectivity index (χ1v) is 10.8. The summed E-state index contributed by atoms with van der Waals surface area (Å²) in [5.74, 6) is 1.96. The summed E-state index contributed by atoms with van der Waals surface area (Å²) in [6.07, 6.45) is 1.34. The largest absolute Gasteiger partial charge is 0.496 e. The Morgan fingerprint density at radius 2 is 1.87 bits per heavy atom. The average Bonchev–Trinajstić information content (AvgIpc) is 2.98. The van der Waals surface area contributed by atoms with E-state index >= 15 is 0 Å². The van der Waals surface area contributed by atoms with Crippen LogP contribution >= 0.6 is 11.8 Å². The number of benzene rings is 3. The van der Waals surface area contributed by atoms with E-state index < -0.39 is 6.23 Å². The molecule has 0 unspecified atom stereocenters. The smallest absolute Gasteiger partial charge is 0.247 e. The van der Waals surface area contributed by atoms with Crippen LogP contribution in [0.1, 0.15) is 11.8 Å². The molecule has 31 heavy (non-hydrogen) atoms. The molecule has 0 amide bonds. The molecule has 1 aliphatic rings. The molecule has 5 rings (SSSR count). The van der Waals surface area contributed by atoms with Crippen molar-refractivity contribution in [3.8, 4) is 22.9 Å². The summed E-state index contributed by atoms with van der Waals surface area (Å²) in [7, 11) is 1.68. The van der Waals surface area contributed by atoms with Gasteiger partial charge in [-0.2, -0.15) is 4.98 Å². The van der Waals surface area contributed by atoms with Crippen molar-refractivity contribution in [2.75, 3.05) is 18.2 Å². The molecule has 2 heterocycles. The normalized spacial score (nSPS) is 14.5. The first-order chi connectivity index (χ1) is 15.3. The van der Waals surface area contributed by atoms with Crippen LogP contribution in [0.4, 0.5) is 5.69 Å². The molecule has 0 spiro atoms. The molecule has 0 fully saturated rings. The Bertz CT molecular complexity index is 1280. The zero-order chi connectivity index (χ0) is 21.2. The second-order valence-corrected chi connectivity index (χ2v) is 7.93. The van der Waals surface area contributed by atoms with Crippen molar-refractivity contribution in [1.29, 1.82) is 0 Å². The predicted octanol–water partition coefficient (Wildman–Crippen LogP) is 5.48. The molecular formula is C24H20N4O2S. The summed E-state index contributed by atoms with van der Waals surface area (Å²) in [5, 5.41) is 14.8. The highest BCUT2D eigenvalue weighted by Crippen LogP contribution is 2.41. The molecule has 1 atom stereocenters. The Kier molecular flexibility index (Phi) is 5.18. The zero-order valence-corrected chi connectivity index (χ0v) is 17.7. The lowest BCUT2D eigenvalue weighted by molar-refractivity contribution is 0.226. The van der Waals surface area contributed by atoms with Crippen LogP contribution in [-0.4, -0.2) is 28.0 Å². The first kappa shape index (κ1) is 19.4. The maximum atomic E-state index is 6.42. The molecule has 154 valence electrons. The van der Waals surface area contributed by atoms with E-state index in [4.69, 9.17) is 9.47 Å². The van der Waals surface area contributed by atoms with Crippen LogP contribution in [0.25, 0.3) is 22.0 Å². The molecule has 7 heteroatoms. The van der Waals surface area contributed by atoms with Gasteiger partial charge in [-0.05, 0) is 23.6 Å². The van der Waals surface area contributed by atoms with Crippen molar-refractivity contribution in [2.45, 2.75) is 11.4 Å². The number of ether oxygens (including phenoxy) is 2. The number of nitrogens with zero attached hydrogens (tertiary/aromatic N) is 3. The molecule has 1 aromatic heterocycles. The fourth-order valence-electron chi connectivity index (χ4n) is 3.68. The van der Waals surface area contributed by atoms with E-state index in [1.165, 1.54) is 11.8 Å². The van der Waals surface area contributed by atoms with E-state index in [0.717, 1.165) is 33.3 Å². The Hall–Kier alpha value is -3.58. The van der Waals surface area contributed by atoms with Gasteiger partial charge in [0.1, 0.15) is 5.75 Å². The van der Waals surface area contributed by atoms with Gasteiger partial charge in [-0.15, -0.1) is 16.8 Å². The fourth-order valence-corrected chi connectivity index (χ4v) is 4.20. The number of fused-ring (bicyclic) bond motifs is 4. The van der Waals surface area contributed by atoms with Crippen LogP contribution in [0, 0.1) is 0 Å². The lowest BCUT2D eigenvalue weighted by Crippen LogP contribution is -2.17. The summed E-state index contributed by atoms with van der Waals surface area (Å²) < 4.78 is 12.0. The highest BCUT2D eigenvalue weighted by Gasteiger charge is 2.27. The minimum atomic E-state index is -0.466. The number of anilines is 1. The summed E-state index contributed by atoms with van der Waals surface area (Å²) in [4.78, 5) is 4.65. The molecule has 1 N–H and O–H groups in total. The van der Waals surface area contributed by atoms with E-state index in [1.807, 2.05) is 60.7 Å². The number of hydrogen-bond acceptors (Lipinski definition) is 7. The van der Waals surface area contributed by atoms with Crippen molar-refractivity contribution in [3.63, 3.8) is 0 Å². The predicted molar refractivity (Wildman–Crippen MR) is 124 cm³/mol. The van der Waals surface area contributed by atoms with Crippen molar-refractivity contribution >= 4 is 28.2 Å². The van der Waals surface area contributed by atoms with Gasteiger partial charge in [0.15, 0.2) is 11.9 Å². The molecule has 0 aliphatic carbocycles. The number of hydrogen-bond donors (Lipinski definition) is 1. The number of methoxy groups -OCH3 is 1. The Morgan fingerprint density at radius 1 is 1.06 bits per heavy atom. The molecule has 3 aromatic carbocycles. The molecule has 0 saturated heterocycles. The van der Waals surface area contributed by atoms with E-state index in [9.17, 15) is 0 Å². The van der Waals surface area contributed by atoms with Gasteiger partial charge in [-0.1, -0.05) is 60.3 Å². The number of aromatic nitrogens is 3. The minimum absolute atomic E-state index is 0.448. The second kappa shape index (κ2) is 8.28. The van der Waals surface area contributed by atoms with Gasteiger partial charge in [-0.25, -0.2) is 0 Å². The SMILES string of the molecule is C=CCSc1nnc2c(n1)O[C@@H](c1ccc(OC)c3ccccc13)Nc1ccccc1-2. The summed E-state index contributed by atoms with van der Waals surface area (Å²) in [6.45, 7) is 3.75. The standard InChI is InChI=1S/C24H20N4O2S/c1-3-14-31-24-26-23-21(27-28-24)18-10-6-7-11-19(18)25-22(30-23)17-12-13-20(29-2)16-9-5-4-8-15(16)17/h3-13,22,25H,1,14H2,2H3/t22-/m0/s1. The lowest BCUT2D eigenvalue weighted by Gasteiger charge is -2.21. The molecule has 6 nitrogen and oxygen atoms in total. The van der Waals surface area contributed by atoms with Crippen LogP contribution in [0.15, 0.2) is 78.5 Å². The van der Waals surface area contributed by atoms with Gasteiger partial charge in [0.25, 0.3) is 0 Å². The van der Waals surface area contributed by atoms with Crippen molar-refractivity contribution in [1.82, 2.24) is 15.2 Å². The lowest BCUT2D eigenvalue weighted by atomic mass is 10.0. The van der Waals surface area contributed by atoms with Gasteiger partial charge in [0.2, 0.25) is 11.0 Å². The number of para-hydroxylation sites is 1. The molecule has 0 bridgehead atoms. The highest BCUT2D eigenvalue weighted by atomic mass is 32.2. The fraction of sp³-hybridized carbons (Fsp3) is 0.125. The third-order valence-corrected chi connectivity index (χ3v) is 5.92. The van der Waals surface area contributed by atoms with Gasteiger partial charge in [0, 0.05) is 28.0 Å². The molecule has 4 aromatic rings. The van der Waals surface area contributed by atoms with Crippen LogP contribution < -0.4 is 14.8 Å². The van der Waals surface area contributed by atoms with Gasteiger partial charge in [0.05, 0.1) is 7.11 Å². The van der Waals surface area contributed by atoms with Crippen molar-refractivity contribution < 1.29 is 9.47 Å². The molecule has 0 saturated carbocycles. The highest BCUT2D eigenvalue weighted by molar-refractivity contribution is 7.99. The van der Waals surface area contributed by atoms with Crippen LogP contribution in [-0.2, 0) is 0 Å². The number of thioether (sulfide) groups is 1. The molecular weight excluding hydrogens is 408 g/mol. The topological polar surface area (TPSA) is 69.2 Å². The minimum Gasteiger partial charge on any atom is -0.496 e. The quantitative estimate of drug-likeness (QED) is 0.333. The van der Waals surface area contributed by atoms with Gasteiger partial charge < -0.3 is 14.8 Å². The van der Waals surface area contributed by atoms with E-state index in [2.05, 4.69) is 33.1 Å². The maximum Gasteiger partial charge on any atom is 0.247 e. The van der Waals surface area contributed by atoms with E-state index in [-0.39, 0.29) is 0 Å². The van der Waals surface area contributed by atoms with Crippen LogP contribution in [0.3, 0.4) is 0 Å². The third-order valence-electron chi connectivity index (χ3n) is 5.08. The van der Waals surface area contributed by atoms with Gasteiger partial charge in [-0.3, -0.25) is 0 Å². The van der Waals surface area contributed by atoms with Crippen LogP contribution in [0.2, 0.25) is 0 Å². The molecule has 0 radical (unpaired) electrons. The number of nitrogens with one attached hydrogen (secondary N) is 1. The average molecular weight is 429 g/mol. The molecule has 1 aliphatic heterocycles. The maximum absolute atomic E-state index is 6.42. The van der Waals surface area contributed by atoms with Gasteiger partial charge >= 0.3 is 0 Å². The summed E-state index contributed by atoms with van der Waals surface area (Å²) >= 11 is 1.47. The Balaban J connectivity index is 1.66. The zero-order valence-electron chi connectivity index (χ0n) is 16.9. The van der Waals surface area contributed by atoms with Crippen molar-refractivity contribution in [3.05, 3.63) is 78.9 Å². The monoisotopic (exact) mass is 428 g/mol. The van der Waals surface area contributed by atoms with E-state index in [0.29, 0.717) is 22.5 Å².